The first-order valence-corrected chi connectivity index (χ1v) is 9.80. The molecule has 0 aliphatic carbocycles. The summed E-state index contributed by atoms with van der Waals surface area (Å²) in [6.45, 7) is 9.21. The van der Waals surface area contributed by atoms with Gasteiger partial charge in [0.05, 0.1) is 16.7 Å². The van der Waals surface area contributed by atoms with Crippen LogP contribution < -0.4 is 0 Å². The highest BCUT2D eigenvalue weighted by atomic mass is 16.6. The van der Waals surface area contributed by atoms with Crippen LogP contribution in [0.3, 0.4) is 0 Å². The van der Waals surface area contributed by atoms with E-state index in [0.29, 0.717) is 37.3 Å². The van der Waals surface area contributed by atoms with Gasteiger partial charge in [-0.05, 0) is 59.8 Å². The smallest absolute Gasteiger partial charge is 0.410 e. The Morgan fingerprint density at radius 3 is 2.33 bits per heavy atom. The fraction of sp³-hybridized carbons (Fsp3) is 0.750. The maximum Gasteiger partial charge on any atom is 0.410 e. The zero-order chi connectivity index (χ0) is 19.8. The number of amides is 2. The van der Waals surface area contributed by atoms with Crippen LogP contribution in [0.5, 0.6) is 0 Å². The summed E-state index contributed by atoms with van der Waals surface area (Å²) in [4.78, 5) is 41.0. The molecule has 1 atom stereocenters. The van der Waals surface area contributed by atoms with Crippen LogP contribution in [0.2, 0.25) is 0 Å². The number of carbonyl (C=O) groups excluding carboxylic acids is 3. The van der Waals surface area contributed by atoms with Gasteiger partial charge in [-0.3, -0.25) is 4.79 Å². The first-order chi connectivity index (χ1) is 12.6. The Kier molecular flexibility index (Phi) is 5.23. The van der Waals surface area contributed by atoms with Gasteiger partial charge in [0.25, 0.3) is 0 Å². The third-order valence-electron chi connectivity index (χ3n) is 5.74. The Morgan fingerprint density at radius 2 is 1.74 bits per heavy atom. The summed E-state index contributed by atoms with van der Waals surface area (Å²) in [5.74, 6) is -0.262. The molecular weight excluding hydrogens is 348 g/mol. The summed E-state index contributed by atoms with van der Waals surface area (Å²) in [5, 5.41) is 0. The first kappa shape index (κ1) is 19.7. The molecule has 0 saturated carbocycles. The number of hydrogen-bond acceptors (Lipinski definition) is 5. The molecule has 7 heteroatoms. The summed E-state index contributed by atoms with van der Waals surface area (Å²) >= 11 is 0. The molecule has 0 aromatic rings. The highest BCUT2D eigenvalue weighted by Crippen LogP contribution is 2.42. The molecule has 0 N–H and O–H groups in total. The number of rotatable bonds is 1. The fourth-order valence-corrected chi connectivity index (χ4v) is 4.24. The van der Waals surface area contributed by atoms with Crippen LogP contribution in [0, 0.1) is 5.41 Å². The van der Waals surface area contributed by atoms with Gasteiger partial charge >= 0.3 is 12.1 Å². The summed E-state index contributed by atoms with van der Waals surface area (Å²) in [7, 11) is 0. The highest BCUT2D eigenvalue weighted by Gasteiger charge is 2.47. The van der Waals surface area contributed by atoms with Gasteiger partial charge in [0, 0.05) is 19.6 Å². The Morgan fingerprint density at radius 1 is 1.07 bits per heavy atom. The van der Waals surface area contributed by atoms with E-state index in [0.717, 1.165) is 25.7 Å². The van der Waals surface area contributed by atoms with Crippen LogP contribution in [0.4, 0.5) is 4.79 Å². The van der Waals surface area contributed by atoms with Gasteiger partial charge in [-0.25, -0.2) is 9.59 Å². The minimum atomic E-state index is -0.530. The van der Waals surface area contributed by atoms with Crippen LogP contribution in [0.15, 0.2) is 11.3 Å². The molecule has 0 bridgehead atoms. The van der Waals surface area contributed by atoms with Crippen LogP contribution >= 0.6 is 0 Å². The minimum Gasteiger partial charge on any atom is -0.456 e. The van der Waals surface area contributed by atoms with Gasteiger partial charge in [0.2, 0.25) is 5.91 Å². The molecule has 2 saturated heterocycles. The molecule has 0 aromatic heterocycles. The topological polar surface area (TPSA) is 76.2 Å². The molecule has 1 spiro atoms. The van der Waals surface area contributed by atoms with Crippen LogP contribution in [-0.4, -0.2) is 59.6 Å². The molecule has 2 fully saturated rings. The van der Waals surface area contributed by atoms with Crippen molar-refractivity contribution in [3.8, 4) is 0 Å². The zero-order valence-corrected chi connectivity index (χ0v) is 16.8. The average Bonchev–Trinajstić information content (AvgIpc) is 2.80. The molecule has 3 aliphatic heterocycles. The molecule has 27 heavy (non-hydrogen) atoms. The van der Waals surface area contributed by atoms with E-state index < -0.39 is 11.0 Å². The van der Waals surface area contributed by atoms with E-state index in [9.17, 15) is 14.4 Å². The van der Waals surface area contributed by atoms with E-state index >= 15 is 0 Å². The SMILES string of the molecule is CC1=C(N2CCCC3(CCCN(C(=O)OC(C)(C)C)CC3)C2=O)COC1=O. The third-order valence-corrected chi connectivity index (χ3v) is 5.74. The monoisotopic (exact) mass is 378 g/mol. The summed E-state index contributed by atoms with van der Waals surface area (Å²) in [6, 6.07) is 0. The number of cyclic esters (lactones) is 1. The molecule has 3 aliphatic rings. The van der Waals surface area contributed by atoms with Crippen molar-refractivity contribution in [2.24, 2.45) is 5.41 Å². The predicted octanol–water partition coefficient (Wildman–Crippen LogP) is 2.85. The number of esters is 1. The molecule has 1 unspecified atom stereocenters. The Hall–Kier alpha value is -2.05. The van der Waals surface area contributed by atoms with Crippen molar-refractivity contribution in [2.45, 2.75) is 65.4 Å². The van der Waals surface area contributed by atoms with Gasteiger partial charge < -0.3 is 19.3 Å². The number of likely N-dealkylation sites (tertiary alicyclic amines) is 2. The van der Waals surface area contributed by atoms with E-state index in [4.69, 9.17) is 9.47 Å². The van der Waals surface area contributed by atoms with Gasteiger partial charge in [-0.15, -0.1) is 0 Å². The molecule has 0 radical (unpaired) electrons. The Balaban J connectivity index is 1.73. The number of ether oxygens (including phenoxy) is 2. The minimum absolute atomic E-state index is 0.0763. The van der Waals surface area contributed by atoms with Crippen molar-refractivity contribution in [1.29, 1.82) is 0 Å². The zero-order valence-electron chi connectivity index (χ0n) is 16.8. The molecule has 7 nitrogen and oxygen atoms in total. The van der Waals surface area contributed by atoms with Gasteiger partial charge in [-0.1, -0.05) is 0 Å². The van der Waals surface area contributed by atoms with Crippen molar-refractivity contribution >= 4 is 18.0 Å². The van der Waals surface area contributed by atoms with Crippen molar-refractivity contribution in [3.05, 3.63) is 11.3 Å². The lowest BCUT2D eigenvalue weighted by molar-refractivity contribution is -0.145. The quantitative estimate of drug-likeness (QED) is 0.656. The van der Waals surface area contributed by atoms with Crippen molar-refractivity contribution < 1.29 is 23.9 Å². The Bertz CT molecular complexity index is 678. The number of carbonyl (C=O) groups is 3. The molecule has 3 rings (SSSR count). The van der Waals surface area contributed by atoms with E-state index in [1.165, 1.54) is 0 Å². The molecule has 3 heterocycles. The fourth-order valence-electron chi connectivity index (χ4n) is 4.24. The second-order valence-electron chi connectivity index (χ2n) is 8.81. The summed E-state index contributed by atoms with van der Waals surface area (Å²) in [6.07, 6.45) is 3.56. The number of nitrogens with zero attached hydrogens (tertiary/aromatic N) is 2. The normalized spacial score (nSPS) is 27.1. The number of hydrogen-bond donors (Lipinski definition) is 0. The van der Waals surface area contributed by atoms with Crippen molar-refractivity contribution in [1.82, 2.24) is 9.80 Å². The molecule has 0 aromatic carbocycles. The first-order valence-electron chi connectivity index (χ1n) is 9.80. The lowest BCUT2D eigenvalue weighted by Gasteiger charge is -2.41. The second-order valence-corrected chi connectivity index (χ2v) is 8.81. The summed E-state index contributed by atoms with van der Waals surface area (Å²) < 4.78 is 10.6. The maximum absolute atomic E-state index is 13.4. The summed E-state index contributed by atoms with van der Waals surface area (Å²) in [5.41, 5.74) is 0.243. The van der Waals surface area contributed by atoms with E-state index in [-0.39, 0.29) is 24.6 Å². The van der Waals surface area contributed by atoms with Crippen LogP contribution in [0.25, 0.3) is 0 Å². The third kappa shape index (κ3) is 3.96. The van der Waals surface area contributed by atoms with Crippen LogP contribution in [-0.2, 0) is 19.1 Å². The molecular formula is C20H30N2O5. The molecule has 150 valence electrons. The maximum atomic E-state index is 13.4. The van der Waals surface area contributed by atoms with E-state index in [1.54, 1.807) is 16.7 Å². The molecule has 2 amide bonds. The highest BCUT2D eigenvalue weighted by molar-refractivity contribution is 5.93. The Labute approximate surface area is 160 Å². The number of piperidine rings is 1. The second kappa shape index (κ2) is 7.17. The van der Waals surface area contributed by atoms with Crippen molar-refractivity contribution in [2.75, 3.05) is 26.2 Å². The predicted molar refractivity (Wildman–Crippen MR) is 98.7 cm³/mol. The van der Waals surface area contributed by atoms with E-state index in [1.807, 2.05) is 20.8 Å². The lowest BCUT2D eigenvalue weighted by Crippen LogP contribution is -2.49. The van der Waals surface area contributed by atoms with E-state index in [2.05, 4.69) is 0 Å². The van der Waals surface area contributed by atoms with Gasteiger partial charge in [0.1, 0.15) is 12.2 Å². The average molecular weight is 378 g/mol. The lowest BCUT2D eigenvalue weighted by atomic mass is 9.73. The van der Waals surface area contributed by atoms with Crippen molar-refractivity contribution in [3.63, 3.8) is 0 Å². The van der Waals surface area contributed by atoms with Crippen LogP contribution in [0.1, 0.15) is 59.8 Å². The van der Waals surface area contributed by atoms with Gasteiger partial charge in [-0.2, -0.15) is 0 Å². The van der Waals surface area contributed by atoms with Gasteiger partial charge in [0.15, 0.2) is 0 Å². The largest absolute Gasteiger partial charge is 0.456 e. The standard InChI is InChI=1S/C20H30N2O5/c1-14-15(13-26-16(14)23)22-11-6-8-20(17(22)24)7-5-10-21(12-9-20)18(25)27-19(2,3)4/h5-13H2,1-4H3.